The summed E-state index contributed by atoms with van der Waals surface area (Å²) in [6.45, 7) is 1.89. The Hall–Kier alpha value is -1.12. The molecule has 0 bridgehead atoms. The molecule has 0 radical (unpaired) electrons. The second-order valence-electron chi connectivity index (χ2n) is 4.49. The SMILES string of the molecule is Cc1nc(C=O)c(CCC2CCCC2)[nH]1. The molecule has 15 heavy (non-hydrogen) atoms. The molecule has 3 nitrogen and oxygen atoms in total. The van der Waals surface area contributed by atoms with Gasteiger partial charge in [-0.05, 0) is 25.7 Å². The maximum absolute atomic E-state index is 10.8. The number of nitrogens with zero attached hydrogens (tertiary/aromatic N) is 1. The van der Waals surface area contributed by atoms with Gasteiger partial charge in [0.05, 0.1) is 0 Å². The lowest BCUT2D eigenvalue weighted by atomic mass is 10.0. The van der Waals surface area contributed by atoms with Crippen LogP contribution in [0.3, 0.4) is 0 Å². The predicted octanol–water partition coefficient (Wildman–Crippen LogP) is 2.65. The monoisotopic (exact) mass is 206 g/mol. The quantitative estimate of drug-likeness (QED) is 0.770. The van der Waals surface area contributed by atoms with E-state index in [0.717, 1.165) is 30.1 Å². The van der Waals surface area contributed by atoms with E-state index in [0.29, 0.717) is 5.69 Å². The summed E-state index contributed by atoms with van der Waals surface area (Å²) in [4.78, 5) is 18.1. The average Bonchev–Trinajstić information content (AvgIpc) is 2.83. The van der Waals surface area contributed by atoms with Gasteiger partial charge >= 0.3 is 0 Å². The minimum absolute atomic E-state index is 0.602. The number of H-pyrrole nitrogens is 1. The molecule has 0 aliphatic heterocycles. The highest BCUT2D eigenvalue weighted by atomic mass is 16.1. The minimum Gasteiger partial charge on any atom is -0.345 e. The molecule has 1 aromatic heterocycles. The van der Waals surface area contributed by atoms with Gasteiger partial charge in [0.25, 0.3) is 0 Å². The number of nitrogens with one attached hydrogen (secondary N) is 1. The molecule has 0 unspecified atom stereocenters. The van der Waals surface area contributed by atoms with Crippen LogP contribution in [0, 0.1) is 12.8 Å². The molecule has 1 aliphatic carbocycles. The molecule has 0 atom stereocenters. The molecular formula is C12H18N2O. The highest BCUT2D eigenvalue weighted by molar-refractivity contribution is 5.73. The molecule has 1 saturated carbocycles. The Morgan fingerprint density at radius 3 is 2.87 bits per heavy atom. The first kappa shape index (κ1) is 10.4. The van der Waals surface area contributed by atoms with Gasteiger partial charge < -0.3 is 4.98 Å². The fourth-order valence-electron chi connectivity index (χ4n) is 2.49. The van der Waals surface area contributed by atoms with Crippen LogP contribution in [0.1, 0.15) is 54.1 Å². The van der Waals surface area contributed by atoms with Crippen LogP contribution in [-0.2, 0) is 6.42 Å². The van der Waals surface area contributed by atoms with Gasteiger partial charge in [0.15, 0.2) is 6.29 Å². The minimum atomic E-state index is 0.602. The van der Waals surface area contributed by atoms with Crippen molar-refractivity contribution in [1.29, 1.82) is 0 Å². The van der Waals surface area contributed by atoms with E-state index in [9.17, 15) is 4.79 Å². The molecular weight excluding hydrogens is 188 g/mol. The van der Waals surface area contributed by atoms with Gasteiger partial charge in [-0.3, -0.25) is 4.79 Å². The summed E-state index contributed by atoms with van der Waals surface area (Å²) < 4.78 is 0. The molecule has 1 N–H and O–H groups in total. The summed E-state index contributed by atoms with van der Waals surface area (Å²) in [7, 11) is 0. The average molecular weight is 206 g/mol. The smallest absolute Gasteiger partial charge is 0.170 e. The van der Waals surface area contributed by atoms with E-state index in [-0.39, 0.29) is 0 Å². The Kier molecular flexibility index (Phi) is 3.19. The van der Waals surface area contributed by atoms with Crippen molar-refractivity contribution >= 4 is 6.29 Å². The van der Waals surface area contributed by atoms with Crippen molar-refractivity contribution in [2.75, 3.05) is 0 Å². The van der Waals surface area contributed by atoms with E-state index in [1.807, 2.05) is 6.92 Å². The van der Waals surface area contributed by atoms with Crippen molar-refractivity contribution in [2.24, 2.45) is 5.92 Å². The number of carbonyl (C=O) groups is 1. The van der Waals surface area contributed by atoms with Crippen LogP contribution in [0.4, 0.5) is 0 Å². The lowest BCUT2D eigenvalue weighted by Crippen LogP contribution is -1.99. The fraction of sp³-hybridized carbons (Fsp3) is 0.667. The third-order valence-corrected chi connectivity index (χ3v) is 3.32. The van der Waals surface area contributed by atoms with Crippen molar-refractivity contribution in [3.05, 3.63) is 17.2 Å². The predicted molar refractivity (Wildman–Crippen MR) is 59.0 cm³/mol. The maximum atomic E-state index is 10.8. The molecule has 3 heteroatoms. The zero-order valence-corrected chi connectivity index (χ0v) is 9.25. The largest absolute Gasteiger partial charge is 0.345 e. The second kappa shape index (κ2) is 4.60. The van der Waals surface area contributed by atoms with Crippen molar-refractivity contribution in [3.63, 3.8) is 0 Å². The Balaban J connectivity index is 1.94. The topological polar surface area (TPSA) is 45.8 Å². The first-order valence-electron chi connectivity index (χ1n) is 5.80. The van der Waals surface area contributed by atoms with Crippen LogP contribution in [0.25, 0.3) is 0 Å². The standard InChI is InChI=1S/C12H18N2O/c1-9-13-11(12(8-15)14-9)7-6-10-4-2-3-5-10/h8,10H,2-7H2,1H3,(H,13,14). The number of aryl methyl sites for hydroxylation is 2. The molecule has 1 fully saturated rings. The van der Waals surface area contributed by atoms with Gasteiger partial charge in [-0.15, -0.1) is 0 Å². The fourth-order valence-corrected chi connectivity index (χ4v) is 2.49. The summed E-state index contributed by atoms with van der Waals surface area (Å²) >= 11 is 0. The number of hydrogen-bond acceptors (Lipinski definition) is 2. The highest BCUT2D eigenvalue weighted by Gasteiger charge is 2.16. The van der Waals surface area contributed by atoms with Crippen LogP contribution in [0.2, 0.25) is 0 Å². The third-order valence-electron chi connectivity index (χ3n) is 3.32. The molecule has 0 amide bonds. The van der Waals surface area contributed by atoms with Crippen LogP contribution >= 0.6 is 0 Å². The number of aromatic amines is 1. The number of aromatic nitrogens is 2. The first-order valence-corrected chi connectivity index (χ1v) is 5.80. The van der Waals surface area contributed by atoms with E-state index in [2.05, 4.69) is 9.97 Å². The van der Waals surface area contributed by atoms with Gasteiger partial charge in [0, 0.05) is 5.69 Å². The molecule has 1 aliphatic rings. The Morgan fingerprint density at radius 2 is 2.20 bits per heavy atom. The van der Waals surface area contributed by atoms with Gasteiger partial charge in [-0.25, -0.2) is 4.98 Å². The van der Waals surface area contributed by atoms with Crippen molar-refractivity contribution < 1.29 is 4.79 Å². The lowest BCUT2D eigenvalue weighted by molar-refractivity contribution is 0.111. The van der Waals surface area contributed by atoms with E-state index in [4.69, 9.17) is 0 Å². The van der Waals surface area contributed by atoms with E-state index in [1.165, 1.54) is 32.1 Å². The third kappa shape index (κ3) is 2.46. The zero-order chi connectivity index (χ0) is 10.7. The zero-order valence-electron chi connectivity index (χ0n) is 9.25. The van der Waals surface area contributed by atoms with Crippen molar-refractivity contribution in [1.82, 2.24) is 9.97 Å². The first-order chi connectivity index (χ1) is 7.29. The number of carbonyl (C=O) groups excluding carboxylic acids is 1. The molecule has 0 saturated heterocycles. The van der Waals surface area contributed by atoms with Gasteiger partial charge in [0.2, 0.25) is 0 Å². The van der Waals surface area contributed by atoms with Gasteiger partial charge in [-0.1, -0.05) is 25.7 Å². The van der Waals surface area contributed by atoms with Crippen LogP contribution in [0.5, 0.6) is 0 Å². The van der Waals surface area contributed by atoms with E-state index < -0.39 is 0 Å². The summed E-state index contributed by atoms with van der Waals surface area (Å²) in [5.41, 5.74) is 1.62. The molecule has 0 spiro atoms. The van der Waals surface area contributed by atoms with Gasteiger partial charge in [0.1, 0.15) is 11.5 Å². The van der Waals surface area contributed by atoms with Crippen LogP contribution in [-0.4, -0.2) is 16.3 Å². The number of hydrogen-bond donors (Lipinski definition) is 1. The molecule has 1 heterocycles. The summed E-state index contributed by atoms with van der Waals surface area (Å²) in [6, 6.07) is 0. The normalized spacial score (nSPS) is 17.1. The summed E-state index contributed by atoms with van der Waals surface area (Å²) in [6.07, 6.45) is 8.52. The number of rotatable bonds is 4. The Labute approximate surface area is 90.3 Å². The second-order valence-corrected chi connectivity index (χ2v) is 4.49. The van der Waals surface area contributed by atoms with Crippen LogP contribution < -0.4 is 0 Å². The lowest BCUT2D eigenvalue weighted by Gasteiger charge is -2.06. The molecule has 1 aromatic rings. The summed E-state index contributed by atoms with van der Waals surface area (Å²) in [5, 5.41) is 0. The maximum Gasteiger partial charge on any atom is 0.170 e. The van der Waals surface area contributed by atoms with Crippen molar-refractivity contribution in [3.8, 4) is 0 Å². The van der Waals surface area contributed by atoms with E-state index >= 15 is 0 Å². The Bertz CT molecular complexity index is 337. The molecule has 82 valence electrons. The van der Waals surface area contributed by atoms with E-state index in [1.54, 1.807) is 0 Å². The molecule has 0 aromatic carbocycles. The number of aldehydes is 1. The van der Waals surface area contributed by atoms with Gasteiger partial charge in [-0.2, -0.15) is 0 Å². The number of imidazole rings is 1. The highest BCUT2D eigenvalue weighted by Crippen LogP contribution is 2.28. The molecule has 2 rings (SSSR count). The Morgan fingerprint density at radius 1 is 1.47 bits per heavy atom. The summed E-state index contributed by atoms with van der Waals surface area (Å²) in [5.74, 6) is 1.71. The van der Waals surface area contributed by atoms with Crippen LogP contribution in [0.15, 0.2) is 0 Å². The van der Waals surface area contributed by atoms with Crippen molar-refractivity contribution in [2.45, 2.75) is 45.4 Å².